The summed E-state index contributed by atoms with van der Waals surface area (Å²) in [5, 5.41) is 3.43. The molecule has 0 fully saturated rings. The first-order chi connectivity index (χ1) is 8.19. The molecule has 1 N–H and O–H groups in total. The molecule has 17 heavy (non-hydrogen) atoms. The maximum atomic E-state index is 5.18. The van der Waals surface area contributed by atoms with Crippen LogP contribution in [0, 0.1) is 6.92 Å². The first kappa shape index (κ1) is 12.5. The first-order valence-corrected chi connectivity index (χ1v) is 6.92. The van der Waals surface area contributed by atoms with E-state index in [1.54, 1.807) is 18.4 Å². The Balaban J connectivity index is 2.04. The van der Waals surface area contributed by atoms with Crippen molar-refractivity contribution in [2.45, 2.75) is 13.5 Å². The lowest BCUT2D eigenvalue weighted by molar-refractivity contribution is 0.414. The summed E-state index contributed by atoms with van der Waals surface area (Å²) in [6, 6.07) is 10.3. The predicted molar refractivity (Wildman–Crippen MR) is 77.1 cm³/mol. The van der Waals surface area contributed by atoms with Crippen LogP contribution in [-0.4, -0.2) is 7.11 Å². The Morgan fingerprint density at radius 1 is 1.29 bits per heavy atom. The molecule has 1 aromatic carbocycles. The van der Waals surface area contributed by atoms with Gasteiger partial charge in [0, 0.05) is 17.1 Å². The maximum Gasteiger partial charge on any atom is 0.119 e. The minimum atomic E-state index is 0.851. The second-order valence-electron chi connectivity index (χ2n) is 3.74. The van der Waals surface area contributed by atoms with Gasteiger partial charge in [-0.05, 0) is 58.7 Å². The minimum absolute atomic E-state index is 0.851. The zero-order chi connectivity index (χ0) is 12.3. The van der Waals surface area contributed by atoms with Gasteiger partial charge in [0.2, 0.25) is 0 Å². The van der Waals surface area contributed by atoms with Crippen LogP contribution in [0.1, 0.15) is 10.4 Å². The molecule has 0 amide bonds. The van der Waals surface area contributed by atoms with E-state index >= 15 is 0 Å². The Kier molecular flexibility index (Phi) is 4.07. The topological polar surface area (TPSA) is 21.3 Å². The molecule has 0 bridgehead atoms. The molecule has 0 unspecified atom stereocenters. The van der Waals surface area contributed by atoms with E-state index in [2.05, 4.69) is 46.4 Å². The second kappa shape index (κ2) is 5.56. The van der Waals surface area contributed by atoms with Crippen molar-refractivity contribution < 1.29 is 4.74 Å². The predicted octanol–water partition coefficient (Wildman–Crippen LogP) is 4.44. The van der Waals surface area contributed by atoms with Crippen molar-refractivity contribution in [1.29, 1.82) is 0 Å². The largest absolute Gasteiger partial charge is 0.497 e. The summed E-state index contributed by atoms with van der Waals surface area (Å²) in [7, 11) is 1.69. The van der Waals surface area contributed by atoms with Crippen LogP contribution in [0.15, 0.2) is 34.1 Å². The molecule has 1 aromatic heterocycles. The Labute approximate surface area is 114 Å². The van der Waals surface area contributed by atoms with Crippen molar-refractivity contribution in [3.63, 3.8) is 0 Å². The Morgan fingerprint density at radius 2 is 2.12 bits per heavy atom. The number of aryl methyl sites for hydroxylation is 1. The number of nitrogens with one attached hydrogen (secondary N) is 1. The highest BCUT2D eigenvalue weighted by atomic mass is 79.9. The van der Waals surface area contributed by atoms with Crippen molar-refractivity contribution in [2.75, 3.05) is 12.4 Å². The number of hydrogen-bond donors (Lipinski definition) is 1. The van der Waals surface area contributed by atoms with E-state index in [0.29, 0.717) is 0 Å². The monoisotopic (exact) mass is 311 g/mol. The Morgan fingerprint density at radius 3 is 2.71 bits per heavy atom. The number of ether oxygens (including phenoxy) is 1. The molecule has 0 atom stereocenters. The van der Waals surface area contributed by atoms with Crippen LogP contribution in [0.25, 0.3) is 0 Å². The van der Waals surface area contributed by atoms with Crippen molar-refractivity contribution in [1.82, 2.24) is 0 Å². The van der Waals surface area contributed by atoms with Gasteiger partial charge in [-0.3, -0.25) is 0 Å². The number of methoxy groups -OCH3 is 1. The number of rotatable bonds is 4. The minimum Gasteiger partial charge on any atom is -0.497 e. The van der Waals surface area contributed by atoms with E-state index in [-0.39, 0.29) is 0 Å². The highest BCUT2D eigenvalue weighted by Gasteiger charge is 2.01. The van der Waals surface area contributed by atoms with Crippen molar-refractivity contribution in [3.8, 4) is 5.75 Å². The average molecular weight is 312 g/mol. The third-order valence-electron chi connectivity index (χ3n) is 2.52. The van der Waals surface area contributed by atoms with E-state index in [1.807, 2.05) is 12.1 Å². The van der Waals surface area contributed by atoms with Gasteiger partial charge < -0.3 is 10.1 Å². The fourth-order valence-corrected chi connectivity index (χ4v) is 3.01. The molecule has 0 saturated carbocycles. The lowest BCUT2D eigenvalue weighted by atomic mass is 10.2. The van der Waals surface area contributed by atoms with E-state index < -0.39 is 0 Å². The molecule has 0 aliphatic carbocycles. The molecule has 0 aliphatic rings. The number of benzene rings is 1. The molecular weight excluding hydrogens is 298 g/mol. The van der Waals surface area contributed by atoms with Gasteiger partial charge in [-0.2, -0.15) is 0 Å². The summed E-state index contributed by atoms with van der Waals surface area (Å²) in [4.78, 5) is 1.31. The van der Waals surface area contributed by atoms with Crippen molar-refractivity contribution in [3.05, 3.63) is 44.6 Å². The van der Waals surface area contributed by atoms with Crippen LogP contribution in [-0.2, 0) is 6.54 Å². The molecule has 1 heterocycles. The highest BCUT2D eigenvalue weighted by Crippen LogP contribution is 2.25. The lowest BCUT2D eigenvalue weighted by Crippen LogP contribution is -1.99. The fourth-order valence-electron chi connectivity index (χ4n) is 1.59. The standard InChI is InChI=1S/C13H14BrNOS/c1-9-7-10(16-2)3-5-12(9)15-8-11-4-6-13(14)17-11/h3-7,15H,8H2,1-2H3. The number of hydrogen-bond acceptors (Lipinski definition) is 3. The van der Waals surface area contributed by atoms with Gasteiger partial charge >= 0.3 is 0 Å². The van der Waals surface area contributed by atoms with Gasteiger partial charge in [0.1, 0.15) is 5.75 Å². The van der Waals surface area contributed by atoms with E-state index in [9.17, 15) is 0 Å². The van der Waals surface area contributed by atoms with E-state index in [4.69, 9.17) is 4.74 Å². The molecule has 2 nitrogen and oxygen atoms in total. The number of anilines is 1. The molecule has 90 valence electrons. The SMILES string of the molecule is COc1ccc(NCc2ccc(Br)s2)c(C)c1. The molecule has 0 spiro atoms. The summed E-state index contributed by atoms with van der Waals surface area (Å²) in [5.74, 6) is 0.895. The molecular formula is C13H14BrNOS. The van der Waals surface area contributed by atoms with Gasteiger partial charge in [0.15, 0.2) is 0 Å². The molecule has 0 aliphatic heterocycles. The zero-order valence-electron chi connectivity index (χ0n) is 9.79. The van der Waals surface area contributed by atoms with Crippen molar-refractivity contribution >= 4 is 33.0 Å². The smallest absolute Gasteiger partial charge is 0.119 e. The van der Waals surface area contributed by atoms with E-state index in [1.165, 1.54) is 14.2 Å². The summed E-state index contributed by atoms with van der Waals surface area (Å²) in [6.45, 7) is 2.93. The molecule has 2 rings (SSSR count). The molecule has 0 radical (unpaired) electrons. The Hall–Kier alpha value is -1.00. The van der Waals surface area contributed by atoms with Crippen LogP contribution in [0.3, 0.4) is 0 Å². The summed E-state index contributed by atoms with van der Waals surface area (Å²) >= 11 is 5.22. The van der Waals surface area contributed by atoms with Gasteiger partial charge in [-0.1, -0.05) is 0 Å². The first-order valence-electron chi connectivity index (χ1n) is 5.32. The van der Waals surface area contributed by atoms with Crippen LogP contribution in [0.2, 0.25) is 0 Å². The normalized spacial score (nSPS) is 10.3. The van der Waals surface area contributed by atoms with Crippen molar-refractivity contribution in [2.24, 2.45) is 0 Å². The van der Waals surface area contributed by atoms with Crippen LogP contribution in [0.4, 0.5) is 5.69 Å². The van der Waals surface area contributed by atoms with Gasteiger partial charge in [0.25, 0.3) is 0 Å². The zero-order valence-corrected chi connectivity index (χ0v) is 12.2. The van der Waals surface area contributed by atoms with Gasteiger partial charge in [-0.25, -0.2) is 0 Å². The van der Waals surface area contributed by atoms with Gasteiger partial charge in [-0.15, -0.1) is 11.3 Å². The summed E-state index contributed by atoms with van der Waals surface area (Å²) in [6.07, 6.45) is 0. The third-order valence-corrected chi connectivity index (χ3v) is 4.14. The fraction of sp³-hybridized carbons (Fsp3) is 0.231. The van der Waals surface area contributed by atoms with Crippen LogP contribution >= 0.6 is 27.3 Å². The molecule has 4 heteroatoms. The number of thiophene rings is 1. The number of halogens is 1. The summed E-state index contributed by atoms with van der Waals surface area (Å²) in [5.41, 5.74) is 2.34. The molecule has 2 aromatic rings. The van der Waals surface area contributed by atoms with Gasteiger partial charge in [0.05, 0.1) is 10.9 Å². The van der Waals surface area contributed by atoms with Crippen LogP contribution in [0.5, 0.6) is 5.75 Å². The Bertz CT molecular complexity index is 510. The summed E-state index contributed by atoms with van der Waals surface area (Å²) < 4.78 is 6.35. The third kappa shape index (κ3) is 3.23. The highest BCUT2D eigenvalue weighted by molar-refractivity contribution is 9.11. The average Bonchev–Trinajstić information content (AvgIpc) is 2.73. The lowest BCUT2D eigenvalue weighted by Gasteiger charge is -2.09. The quantitative estimate of drug-likeness (QED) is 0.901. The van der Waals surface area contributed by atoms with Crippen LogP contribution < -0.4 is 10.1 Å². The second-order valence-corrected chi connectivity index (χ2v) is 6.29. The molecule has 0 saturated heterocycles. The van der Waals surface area contributed by atoms with E-state index in [0.717, 1.165) is 18.0 Å². The maximum absolute atomic E-state index is 5.18.